The van der Waals surface area contributed by atoms with Crippen molar-refractivity contribution in [3.05, 3.63) is 77.5 Å². The molecule has 3 rings (SSSR count). The molecular weight excluding hydrogens is 286 g/mol. The van der Waals surface area contributed by atoms with Crippen molar-refractivity contribution in [3.8, 4) is 0 Å². The molecule has 0 aliphatic heterocycles. The van der Waals surface area contributed by atoms with E-state index in [9.17, 15) is 9.90 Å². The molecule has 120 valence electrons. The fourth-order valence-corrected chi connectivity index (χ4v) is 2.38. The number of hydrogen-bond donors (Lipinski definition) is 1. The smallest absolute Gasteiger partial charge is 0.336 e. The Balaban J connectivity index is 0.000000849. The molecule has 3 heteroatoms. The largest absolute Gasteiger partial charge is 0.478 e. The van der Waals surface area contributed by atoms with Crippen molar-refractivity contribution in [2.75, 3.05) is 0 Å². The van der Waals surface area contributed by atoms with Gasteiger partial charge in [0, 0.05) is 11.6 Å². The molecule has 0 spiro atoms. The van der Waals surface area contributed by atoms with Gasteiger partial charge in [-0.3, -0.25) is 4.98 Å². The number of aromatic carboxylic acids is 1. The van der Waals surface area contributed by atoms with Crippen molar-refractivity contribution in [2.45, 2.75) is 27.7 Å². The molecule has 2 aromatic carbocycles. The monoisotopic (exact) mass is 309 g/mol. The van der Waals surface area contributed by atoms with Gasteiger partial charge in [-0.2, -0.15) is 0 Å². The van der Waals surface area contributed by atoms with Gasteiger partial charge in [-0.05, 0) is 23.6 Å². The Morgan fingerprint density at radius 2 is 1.61 bits per heavy atom. The highest BCUT2D eigenvalue weighted by Gasteiger charge is 2.15. The number of carboxylic acid groups (broad SMARTS) is 1. The SMILES string of the molecule is C.CC.O=C(O)c1c(Cc2ccccc2)cnc2ccccc12. The van der Waals surface area contributed by atoms with Crippen LogP contribution in [-0.4, -0.2) is 16.1 Å². The number of fused-ring (bicyclic) bond motifs is 1. The number of carboxylic acids is 1. The normalized spacial score (nSPS) is 9.48. The van der Waals surface area contributed by atoms with E-state index in [1.165, 1.54) is 0 Å². The third-order valence-corrected chi connectivity index (χ3v) is 3.31. The van der Waals surface area contributed by atoms with Crippen LogP contribution < -0.4 is 0 Å². The van der Waals surface area contributed by atoms with Gasteiger partial charge in [0.15, 0.2) is 0 Å². The van der Waals surface area contributed by atoms with Crippen LogP contribution >= 0.6 is 0 Å². The summed E-state index contributed by atoms with van der Waals surface area (Å²) in [6.07, 6.45) is 2.24. The van der Waals surface area contributed by atoms with E-state index in [-0.39, 0.29) is 7.43 Å². The minimum Gasteiger partial charge on any atom is -0.478 e. The molecule has 3 nitrogen and oxygen atoms in total. The van der Waals surface area contributed by atoms with Crippen molar-refractivity contribution in [1.82, 2.24) is 4.98 Å². The summed E-state index contributed by atoms with van der Waals surface area (Å²) in [4.78, 5) is 16.0. The molecule has 0 aliphatic carbocycles. The summed E-state index contributed by atoms with van der Waals surface area (Å²) in [6.45, 7) is 4.00. The van der Waals surface area contributed by atoms with Crippen LogP contribution in [0.2, 0.25) is 0 Å². The topological polar surface area (TPSA) is 50.2 Å². The standard InChI is InChI=1S/C17H13NO2.C2H6.CH4/c19-17(20)16-13(10-12-6-2-1-3-7-12)11-18-15-9-5-4-8-14(15)16;1-2;/h1-9,11H,10H2,(H,19,20);1-2H3;1H4. The molecule has 0 saturated carbocycles. The first-order chi connectivity index (χ1) is 10.8. The molecule has 0 bridgehead atoms. The second-order valence-electron chi connectivity index (χ2n) is 4.64. The Kier molecular flexibility index (Phi) is 6.94. The van der Waals surface area contributed by atoms with E-state index in [1.54, 1.807) is 12.3 Å². The van der Waals surface area contributed by atoms with Gasteiger partial charge in [-0.1, -0.05) is 69.8 Å². The highest BCUT2D eigenvalue weighted by Crippen LogP contribution is 2.22. The molecule has 0 fully saturated rings. The van der Waals surface area contributed by atoms with E-state index in [4.69, 9.17) is 0 Å². The molecule has 0 amide bonds. The Hall–Kier alpha value is -2.68. The summed E-state index contributed by atoms with van der Waals surface area (Å²) < 4.78 is 0. The maximum atomic E-state index is 11.6. The number of pyridine rings is 1. The van der Waals surface area contributed by atoms with Gasteiger partial charge in [0.2, 0.25) is 0 Å². The number of aromatic nitrogens is 1. The van der Waals surface area contributed by atoms with Crippen molar-refractivity contribution in [1.29, 1.82) is 0 Å². The minimum atomic E-state index is -0.908. The van der Waals surface area contributed by atoms with Gasteiger partial charge in [-0.15, -0.1) is 0 Å². The van der Waals surface area contributed by atoms with Gasteiger partial charge >= 0.3 is 5.97 Å². The summed E-state index contributed by atoms with van der Waals surface area (Å²) >= 11 is 0. The molecule has 0 atom stereocenters. The van der Waals surface area contributed by atoms with Crippen LogP contribution in [0.1, 0.15) is 42.8 Å². The van der Waals surface area contributed by atoms with Crippen LogP contribution in [0.3, 0.4) is 0 Å². The average Bonchev–Trinajstić information content (AvgIpc) is 2.57. The fraction of sp³-hybridized carbons (Fsp3) is 0.200. The van der Waals surface area contributed by atoms with Gasteiger partial charge in [0.25, 0.3) is 0 Å². The van der Waals surface area contributed by atoms with Crippen LogP contribution in [0.15, 0.2) is 60.8 Å². The van der Waals surface area contributed by atoms with E-state index >= 15 is 0 Å². The van der Waals surface area contributed by atoms with Gasteiger partial charge in [0.1, 0.15) is 0 Å². The number of para-hydroxylation sites is 1. The minimum absolute atomic E-state index is 0. The zero-order valence-corrected chi connectivity index (χ0v) is 12.8. The predicted molar refractivity (Wildman–Crippen MR) is 96.0 cm³/mol. The van der Waals surface area contributed by atoms with E-state index in [0.29, 0.717) is 22.9 Å². The van der Waals surface area contributed by atoms with Gasteiger partial charge < -0.3 is 5.11 Å². The first-order valence-corrected chi connectivity index (χ1v) is 7.39. The molecule has 1 N–H and O–H groups in total. The van der Waals surface area contributed by atoms with Crippen LogP contribution in [-0.2, 0) is 6.42 Å². The third kappa shape index (κ3) is 4.16. The number of nitrogens with zero attached hydrogens (tertiary/aromatic N) is 1. The van der Waals surface area contributed by atoms with E-state index in [1.807, 2.05) is 62.4 Å². The second kappa shape index (κ2) is 8.69. The number of rotatable bonds is 3. The van der Waals surface area contributed by atoms with Crippen LogP contribution in [0.5, 0.6) is 0 Å². The first kappa shape index (κ1) is 18.4. The summed E-state index contributed by atoms with van der Waals surface area (Å²) in [6, 6.07) is 17.1. The average molecular weight is 309 g/mol. The maximum absolute atomic E-state index is 11.6. The van der Waals surface area contributed by atoms with Gasteiger partial charge in [-0.25, -0.2) is 4.79 Å². The molecule has 0 saturated heterocycles. The highest BCUT2D eigenvalue weighted by atomic mass is 16.4. The number of carbonyl (C=O) groups is 1. The summed E-state index contributed by atoms with van der Waals surface area (Å²) in [5.74, 6) is -0.908. The van der Waals surface area contributed by atoms with Crippen LogP contribution in [0.4, 0.5) is 0 Å². The van der Waals surface area contributed by atoms with Crippen molar-refractivity contribution >= 4 is 16.9 Å². The molecule has 3 aromatic rings. The van der Waals surface area contributed by atoms with Crippen LogP contribution in [0.25, 0.3) is 10.9 Å². The Morgan fingerprint density at radius 1 is 1.00 bits per heavy atom. The van der Waals surface area contributed by atoms with Crippen molar-refractivity contribution in [2.24, 2.45) is 0 Å². The third-order valence-electron chi connectivity index (χ3n) is 3.31. The molecular formula is C20H23NO2. The van der Waals surface area contributed by atoms with Crippen molar-refractivity contribution in [3.63, 3.8) is 0 Å². The molecule has 0 unspecified atom stereocenters. The lowest BCUT2D eigenvalue weighted by molar-refractivity contribution is 0.0698. The second-order valence-corrected chi connectivity index (χ2v) is 4.64. The van der Waals surface area contributed by atoms with E-state index in [2.05, 4.69) is 4.98 Å². The molecule has 1 aromatic heterocycles. The lowest BCUT2D eigenvalue weighted by Crippen LogP contribution is -2.05. The molecule has 0 radical (unpaired) electrons. The van der Waals surface area contributed by atoms with Crippen LogP contribution in [0, 0.1) is 0 Å². The lowest BCUT2D eigenvalue weighted by Gasteiger charge is -2.09. The van der Waals surface area contributed by atoms with E-state index in [0.717, 1.165) is 11.1 Å². The Morgan fingerprint density at radius 3 is 2.26 bits per heavy atom. The molecule has 1 heterocycles. The predicted octanol–water partition coefficient (Wildman–Crippen LogP) is 5.19. The quantitative estimate of drug-likeness (QED) is 0.724. The highest BCUT2D eigenvalue weighted by molar-refractivity contribution is 6.03. The Labute approximate surface area is 137 Å². The number of hydrogen-bond acceptors (Lipinski definition) is 2. The Bertz CT molecular complexity index is 767. The van der Waals surface area contributed by atoms with E-state index < -0.39 is 5.97 Å². The summed E-state index contributed by atoms with van der Waals surface area (Å²) in [7, 11) is 0. The lowest BCUT2D eigenvalue weighted by atomic mass is 9.98. The van der Waals surface area contributed by atoms with Crippen molar-refractivity contribution < 1.29 is 9.90 Å². The molecule has 0 aliphatic rings. The zero-order chi connectivity index (χ0) is 15.9. The number of benzene rings is 2. The zero-order valence-electron chi connectivity index (χ0n) is 12.8. The fourth-order valence-electron chi connectivity index (χ4n) is 2.38. The van der Waals surface area contributed by atoms with Gasteiger partial charge in [0.05, 0.1) is 11.1 Å². The maximum Gasteiger partial charge on any atom is 0.336 e. The summed E-state index contributed by atoms with van der Waals surface area (Å²) in [5, 5.41) is 10.2. The molecule has 23 heavy (non-hydrogen) atoms. The first-order valence-electron chi connectivity index (χ1n) is 7.39. The summed E-state index contributed by atoms with van der Waals surface area (Å²) in [5.41, 5.74) is 2.87.